The SMILES string of the molecule is CN1CC(=O)Nc2cc(C(=O)NCCCSc3ccc(F)cc3)ccc21. The number of carbonyl (C=O) groups is 2. The Balaban J connectivity index is 1.47. The maximum Gasteiger partial charge on any atom is 0.251 e. The van der Waals surface area contributed by atoms with Gasteiger partial charge in [0.15, 0.2) is 0 Å². The minimum absolute atomic E-state index is 0.0876. The van der Waals surface area contributed by atoms with E-state index in [1.165, 1.54) is 12.1 Å². The Kier molecular flexibility index (Phi) is 5.78. The van der Waals surface area contributed by atoms with E-state index in [2.05, 4.69) is 10.6 Å². The lowest BCUT2D eigenvalue weighted by atomic mass is 10.1. The first kappa shape index (κ1) is 18.3. The van der Waals surface area contributed by atoms with Gasteiger partial charge in [0.05, 0.1) is 17.9 Å². The van der Waals surface area contributed by atoms with Crippen molar-refractivity contribution in [3.05, 3.63) is 53.8 Å². The first-order chi connectivity index (χ1) is 12.5. The molecule has 0 unspecified atom stereocenters. The van der Waals surface area contributed by atoms with Crippen LogP contribution in [0.2, 0.25) is 0 Å². The largest absolute Gasteiger partial charge is 0.364 e. The molecule has 136 valence electrons. The van der Waals surface area contributed by atoms with Crippen molar-refractivity contribution >= 4 is 35.0 Å². The third-order valence-corrected chi connectivity index (χ3v) is 5.11. The van der Waals surface area contributed by atoms with Crippen molar-refractivity contribution in [1.29, 1.82) is 0 Å². The summed E-state index contributed by atoms with van der Waals surface area (Å²) >= 11 is 1.62. The van der Waals surface area contributed by atoms with Gasteiger partial charge in [0, 0.05) is 24.1 Å². The van der Waals surface area contributed by atoms with Crippen molar-refractivity contribution in [2.75, 3.05) is 36.1 Å². The molecule has 0 spiro atoms. The van der Waals surface area contributed by atoms with Gasteiger partial charge in [0.25, 0.3) is 5.91 Å². The Bertz CT molecular complexity index is 811. The third-order valence-electron chi connectivity index (χ3n) is 4.01. The summed E-state index contributed by atoms with van der Waals surface area (Å²) in [6.07, 6.45) is 0.804. The van der Waals surface area contributed by atoms with Gasteiger partial charge < -0.3 is 15.5 Å². The second kappa shape index (κ2) is 8.23. The Hall–Kier alpha value is -2.54. The molecule has 0 aromatic heterocycles. The van der Waals surface area contributed by atoms with Crippen molar-refractivity contribution in [2.45, 2.75) is 11.3 Å². The number of carbonyl (C=O) groups excluding carboxylic acids is 2. The highest BCUT2D eigenvalue weighted by molar-refractivity contribution is 7.99. The molecule has 1 heterocycles. The van der Waals surface area contributed by atoms with Crippen molar-refractivity contribution in [3.63, 3.8) is 0 Å². The first-order valence-corrected chi connectivity index (χ1v) is 9.33. The molecule has 2 aromatic rings. The second-order valence-electron chi connectivity index (χ2n) is 6.05. The molecule has 26 heavy (non-hydrogen) atoms. The standard InChI is InChI=1S/C19H20FN3O2S/c1-23-12-18(24)22-16-11-13(3-8-17(16)23)19(25)21-9-2-10-26-15-6-4-14(20)5-7-15/h3-8,11H,2,9-10,12H2,1H3,(H,21,25)(H,22,24). The molecule has 0 aliphatic carbocycles. The summed E-state index contributed by atoms with van der Waals surface area (Å²) in [6.45, 7) is 0.862. The van der Waals surface area contributed by atoms with E-state index < -0.39 is 0 Å². The summed E-state index contributed by atoms with van der Waals surface area (Å²) in [5, 5.41) is 5.68. The summed E-state index contributed by atoms with van der Waals surface area (Å²) in [7, 11) is 1.84. The van der Waals surface area contributed by atoms with Crippen LogP contribution in [0.25, 0.3) is 0 Å². The van der Waals surface area contributed by atoms with Crippen LogP contribution in [0, 0.1) is 5.82 Å². The molecule has 5 nitrogen and oxygen atoms in total. The lowest BCUT2D eigenvalue weighted by molar-refractivity contribution is -0.115. The molecule has 2 N–H and O–H groups in total. The highest BCUT2D eigenvalue weighted by atomic mass is 32.2. The van der Waals surface area contributed by atoms with E-state index in [9.17, 15) is 14.0 Å². The maximum absolute atomic E-state index is 12.8. The predicted octanol–water partition coefficient (Wildman–Crippen LogP) is 3.13. The predicted molar refractivity (Wildman–Crippen MR) is 102 cm³/mol. The Morgan fingerprint density at radius 1 is 1.27 bits per heavy atom. The van der Waals surface area contributed by atoms with Crippen LogP contribution in [-0.2, 0) is 4.79 Å². The summed E-state index contributed by atoms with van der Waals surface area (Å²) in [6, 6.07) is 11.7. The van der Waals surface area contributed by atoms with Crippen LogP contribution in [-0.4, -0.2) is 37.7 Å². The number of thioether (sulfide) groups is 1. The molecule has 0 saturated carbocycles. The van der Waals surface area contributed by atoms with Gasteiger partial charge in [-0.05, 0) is 54.6 Å². The lowest BCUT2D eigenvalue weighted by Crippen LogP contribution is -2.35. The summed E-state index contributed by atoms with van der Waals surface area (Å²) in [5.74, 6) is 0.336. The van der Waals surface area contributed by atoms with Crippen LogP contribution < -0.4 is 15.5 Å². The monoisotopic (exact) mass is 373 g/mol. The number of nitrogens with zero attached hydrogens (tertiary/aromatic N) is 1. The third kappa shape index (κ3) is 4.54. The van der Waals surface area contributed by atoms with Crippen LogP contribution in [0.3, 0.4) is 0 Å². The average Bonchev–Trinajstić information content (AvgIpc) is 2.62. The Morgan fingerprint density at radius 3 is 2.81 bits per heavy atom. The number of hydrogen-bond acceptors (Lipinski definition) is 4. The molecular weight excluding hydrogens is 353 g/mol. The van der Waals surface area contributed by atoms with Crippen LogP contribution in [0.5, 0.6) is 0 Å². The van der Waals surface area contributed by atoms with Crippen molar-refractivity contribution in [1.82, 2.24) is 5.32 Å². The van der Waals surface area contributed by atoms with Crippen LogP contribution in [0.15, 0.2) is 47.4 Å². The normalized spacial score (nSPS) is 13.2. The number of anilines is 2. The number of rotatable bonds is 6. The lowest BCUT2D eigenvalue weighted by Gasteiger charge is -2.27. The quantitative estimate of drug-likeness (QED) is 0.603. The molecule has 0 bridgehead atoms. The van der Waals surface area contributed by atoms with Crippen LogP contribution in [0.4, 0.5) is 15.8 Å². The van der Waals surface area contributed by atoms with Gasteiger partial charge >= 0.3 is 0 Å². The van der Waals surface area contributed by atoms with Crippen LogP contribution >= 0.6 is 11.8 Å². The van der Waals surface area contributed by atoms with Crippen molar-refractivity contribution in [3.8, 4) is 0 Å². The molecule has 1 aliphatic rings. The number of fused-ring (bicyclic) bond motifs is 1. The molecular formula is C19H20FN3O2S. The first-order valence-electron chi connectivity index (χ1n) is 8.34. The maximum atomic E-state index is 12.8. The summed E-state index contributed by atoms with van der Waals surface area (Å²) in [4.78, 5) is 26.8. The summed E-state index contributed by atoms with van der Waals surface area (Å²) in [5.41, 5.74) is 2.07. The fraction of sp³-hybridized carbons (Fsp3) is 0.263. The fourth-order valence-corrected chi connectivity index (χ4v) is 3.55. The van der Waals surface area contributed by atoms with Crippen molar-refractivity contribution in [2.24, 2.45) is 0 Å². The fourth-order valence-electron chi connectivity index (χ4n) is 2.70. The van der Waals surface area contributed by atoms with E-state index in [0.29, 0.717) is 24.3 Å². The number of benzene rings is 2. The van der Waals surface area contributed by atoms with Gasteiger partial charge in [0.2, 0.25) is 5.91 Å². The molecule has 0 atom stereocenters. The second-order valence-corrected chi connectivity index (χ2v) is 7.22. The minimum Gasteiger partial charge on any atom is -0.364 e. The topological polar surface area (TPSA) is 61.4 Å². The average molecular weight is 373 g/mol. The van der Waals surface area contributed by atoms with E-state index in [1.54, 1.807) is 36.0 Å². The van der Waals surface area contributed by atoms with Gasteiger partial charge in [0.1, 0.15) is 5.82 Å². The zero-order valence-electron chi connectivity index (χ0n) is 14.4. The molecule has 0 saturated heterocycles. The van der Waals surface area contributed by atoms with Crippen molar-refractivity contribution < 1.29 is 14.0 Å². The zero-order valence-corrected chi connectivity index (χ0v) is 15.2. The Morgan fingerprint density at radius 2 is 2.04 bits per heavy atom. The highest BCUT2D eigenvalue weighted by Gasteiger charge is 2.20. The molecule has 2 amide bonds. The molecule has 7 heteroatoms. The highest BCUT2D eigenvalue weighted by Crippen LogP contribution is 2.29. The molecule has 1 aliphatic heterocycles. The van der Waals surface area contributed by atoms with Gasteiger partial charge in [-0.25, -0.2) is 4.39 Å². The Labute approximate surface area is 156 Å². The van der Waals surface area contributed by atoms with E-state index in [-0.39, 0.29) is 17.6 Å². The van der Waals surface area contributed by atoms with Gasteiger partial charge in [-0.1, -0.05) is 0 Å². The van der Waals surface area contributed by atoms with E-state index in [4.69, 9.17) is 0 Å². The van der Waals surface area contributed by atoms with Gasteiger partial charge in [-0.15, -0.1) is 11.8 Å². The van der Waals surface area contributed by atoms with E-state index in [0.717, 1.165) is 22.8 Å². The number of hydrogen-bond donors (Lipinski definition) is 2. The smallest absolute Gasteiger partial charge is 0.251 e. The number of halogens is 1. The number of likely N-dealkylation sites (N-methyl/N-ethyl adjacent to an activating group) is 1. The zero-order chi connectivity index (χ0) is 18.5. The van der Waals surface area contributed by atoms with Gasteiger partial charge in [-0.2, -0.15) is 0 Å². The van der Waals surface area contributed by atoms with E-state index >= 15 is 0 Å². The number of amides is 2. The van der Waals surface area contributed by atoms with Gasteiger partial charge in [-0.3, -0.25) is 9.59 Å². The minimum atomic E-state index is -0.242. The summed E-state index contributed by atoms with van der Waals surface area (Å²) < 4.78 is 12.8. The molecule has 0 fully saturated rings. The molecule has 2 aromatic carbocycles. The number of nitrogens with one attached hydrogen (secondary N) is 2. The van der Waals surface area contributed by atoms with E-state index in [1.807, 2.05) is 18.0 Å². The molecule has 0 radical (unpaired) electrons. The van der Waals surface area contributed by atoms with Crippen LogP contribution in [0.1, 0.15) is 16.8 Å². The molecule has 3 rings (SSSR count).